The molecule has 9 heteroatoms. The van der Waals surface area contributed by atoms with Gasteiger partial charge in [-0.25, -0.2) is 10.8 Å². The van der Waals surface area contributed by atoms with E-state index in [0.29, 0.717) is 23.3 Å². The van der Waals surface area contributed by atoms with Crippen LogP contribution in [0.4, 0.5) is 24.9 Å². The highest BCUT2D eigenvalue weighted by Crippen LogP contribution is 2.36. The Labute approximate surface area is 116 Å². The van der Waals surface area contributed by atoms with Crippen LogP contribution in [0, 0.1) is 5.92 Å². The monoisotopic (exact) mass is 339 g/mol. The van der Waals surface area contributed by atoms with E-state index in [9.17, 15) is 13.2 Å². The van der Waals surface area contributed by atoms with Crippen molar-refractivity contribution in [3.63, 3.8) is 0 Å². The molecular formula is C10H13BrF3N5. The Morgan fingerprint density at radius 1 is 1.47 bits per heavy atom. The van der Waals surface area contributed by atoms with Crippen molar-refractivity contribution in [1.82, 2.24) is 9.97 Å². The molecular weight excluding hydrogens is 327 g/mol. The zero-order valence-electron chi connectivity index (χ0n) is 9.91. The maximum absolute atomic E-state index is 12.8. The highest BCUT2D eigenvalue weighted by Gasteiger charge is 2.42. The molecule has 0 amide bonds. The van der Waals surface area contributed by atoms with E-state index in [-0.39, 0.29) is 18.9 Å². The van der Waals surface area contributed by atoms with Gasteiger partial charge in [-0.15, -0.1) is 0 Å². The van der Waals surface area contributed by atoms with Gasteiger partial charge < -0.3 is 4.90 Å². The van der Waals surface area contributed by atoms with Crippen LogP contribution in [0.25, 0.3) is 0 Å². The normalized spacial score (nSPS) is 20.5. The molecule has 1 fully saturated rings. The maximum atomic E-state index is 12.8. The van der Waals surface area contributed by atoms with Crippen molar-refractivity contribution >= 4 is 27.7 Å². The summed E-state index contributed by atoms with van der Waals surface area (Å²) < 4.78 is 38.9. The molecule has 0 bridgehead atoms. The molecule has 1 atom stereocenters. The van der Waals surface area contributed by atoms with Gasteiger partial charge in [-0.2, -0.15) is 18.2 Å². The standard InChI is InChI=1S/C10H13BrF3N5/c11-7-4-16-9(18-15)17-8(7)19-3-1-2-6(5-19)10(12,13)14/h4,6H,1-3,5,15H2,(H,16,17,18). The molecule has 19 heavy (non-hydrogen) atoms. The van der Waals surface area contributed by atoms with Crippen LogP contribution in [0.2, 0.25) is 0 Å². The number of aromatic nitrogens is 2. The number of anilines is 2. The Morgan fingerprint density at radius 2 is 2.21 bits per heavy atom. The number of piperidine rings is 1. The summed E-state index contributed by atoms with van der Waals surface area (Å²) in [6.07, 6.45) is -2.07. The van der Waals surface area contributed by atoms with Crippen LogP contribution in [-0.2, 0) is 0 Å². The highest BCUT2D eigenvalue weighted by molar-refractivity contribution is 9.10. The van der Waals surface area contributed by atoms with Crippen LogP contribution in [0.15, 0.2) is 10.7 Å². The van der Waals surface area contributed by atoms with Gasteiger partial charge in [0.05, 0.1) is 10.4 Å². The van der Waals surface area contributed by atoms with Gasteiger partial charge in [0.2, 0.25) is 5.95 Å². The van der Waals surface area contributed by atoms with Crippen molar-refractivity contribution in [2.45, 2.75) is 19.0 Å². The molecule has 1 saturated heterocycles. The number of rotatable bonds is 2. The second-order valence-corrected chi connectivity index (χ2v) is 5.19. The molecule has 0 spiro atoms. The number of halogens is 4. The molecule has 0 radical (unpaired) electrons. The van der Waals surface area contributed by atoms with E-state index < -0.39 is 12.1 Å². The summed E-state index contributed by atoms with van der Waals surface area (Å²) in [5.74, 6) is 4.49. The van der Waals surface area contributed by atoms with Crippen molar-refractivity contribution in [3.8, 4) is 0 Å². The molecule has 0 aromatic carbocycles. The smallest absolute Gasteiger partial charge is 0.355 e. The number of hydrogen-bond donors (Lipinski definition) is 2. The summed E-state index contributed by atoms with van der Waals surface area (Å²) in [7, 11) is 0. The lowest BCUT2D eigenvalue weighted by Gasteiger charge is -2.34. The zero-order valence-corrected chi connectivity index (χ0v) is 11.5. The van der Waals surface area contributed by atoms with E-state index in [1.54, 1.807) is 4.90 Å². The third-order valence-electron chi connectivity index (χ3n) is 3.04. The van der Waals surface area contributed by atoms with Gasteiger partial charge in [0.25, 0.3) is 0 Å². The third kappa shape index (κ3) is 3.27. The topological polar surface area (TPSA) is 67.1 Å². The first kappa shape index (κ1) is 14.3. The number of nitrogens with zero attached hydrogens (tertiary/aromatic N) is 3. The lowest BCUT2D eigenvalue weighted by molar-refractivity contribution is -0.176. The van der Waals surface area contributed by atoms with Gasteiger partial charge in [0, 0.05) is 19.3 Å². The fourth-order valence-electron chi connectivity index (χ4n) is 2.09. The maximum Gasteiger partial charge on any atom is 0.393 e. The fraction of sp³-hybridized carbons (Fsp3) is 0.600. The molecule has 5 nitrogen and oxygen atoms in total. The molecule has 1 aromatic rings. The third-order valence-corrected chi connectivity index (χ3v) is 3.60. The largest absolute Gasteiger partial charge is 0.393 e. The first-order chi connectivity index (χ1) is 8.91. The zero-order chi connectivity index (χ0) is 14.0. The average molecular weight is 340 g/mol. The van der Waals surface area contributed by atoms with Gasteiger partial charge in [-0.3, -0.25) is 5.43 Å². The summed E-state index contributed by atoms with van der Waals surface area (Å²) in [5.41, 5.74) is 2.28. The quantitative estimate of drug-likeness (QED) is 0.639. The van der Waals surface area contributed by atoms with Crippen LogP contribution in [0.3, 0.4) is 0 Å². The Morgan fingerprint density at radius 3 is 2.84 bits per heavy atom. The predicted octanol–water partition coefficient (Wildman–Crippen LogP) is 2.30. The van der Waals surface area contributed by atoms with Crippen LogP contribution in [0.1, 0.15) is 12.8 Å². The first-order valence-corrected chi connectivity index (χ1v) is 6.52. The number of nitrogens with two attached hydrogens (primary N) is 1. The number of hydrazine groups is 1. The van der Waals surface area contributed by atoms with Crippen LogP contribution in [0.5, 0.6) is 0 Å². The van der Waals surface area contributed by atoms with Crippen molar-refractivity contribution in [2.75, 3.05) is 23.4 Å². The average Bonchev–Trinajstić information content (AvgIpc) is 2.38. The highest BCUT2D eigenvalue weighted by atomic mass is 79.9. The molecule has 2 rings (SSSR count). The van der Waals surface area contributed by atoms with Crippen LogP contribution >= 0.6 is 15.9 Å². The number of alkyl halides is 3. The number of hydrogen-bond acceptors (Lipinski definition) is 5. The van der Waals surface area contributed by atoms with E-state index in [1.807, 2.05) is 0 Å². The minimum atomic E-state index is -4.17. The Balaban J connectivity index is 2.21. The molecule has 3 N–H and O–H groups in total. The molecule has 1 aliphatic heterocycles. The van der Waals surface area contributed by atoms with E-state index in [4.69, 9.17) is 5.84 Å². The molecule has 1 unspecified atom stereocenters. The second kappa shape index (κ2) is 5.49. The van der Waals surface area contributed by atoms with Crippen LogP contribution < -0.4 is 16.2 Å². The summed E-state index contributed by atoms with van der Waals surface area (Å²) >= 11 is 3.25. The van der Waals surface area contributed by atoms with Gasteiger partial charge >= 0.3 is 6.18 Å². The van der Waals surface area contributed by atoms with Crippen molar-refractivity contribution in [2.24, 2.45) is 11.8 Å². The summed E-state index contributed by atoms with van der Waals surface area (Å²) in [4.78, 5) is 9.58. The SMILES string of the molecule is NNc1ncc(Br)c(N2CCCC(C(F)(F)F)C2)n1. The van der Waals surface area contributed by atoms with Crippen molar-refractivity contribution < 1.29 is 13.2 Å². The number of nitrogens with one attached hydrogen (secondary N) is 1. The van der Waals surface area contributed by atoms with E-state index in [1.165, 1.54) is 6.20 Å². The van der Waals surface area contributed by atoms with E-state index in [2.05, 4.69) is 31.3 Å². The van der Waals surface area contributed by atoms with Gasteiger partial charge in [0.15, 0.2) is 0 Å². The van der Waals surface area contributed by atoms with E-state index in [0.717, 1.165) is 0 Å². The summed E-state index contributed by atoms with van der Waals surface area (Å²) in [6.45, 7) is 0.440. The summed E-state index contributed by atoms with van der Waals surface area (Å²) in [5, 5.41) is 0. The van der Waals surface area contributed by atoms with Gasteiger partial charge in [-0.1, -0.05) is 0 Å². The molecule has 1 aliphatic rings. The molecule has 0 saturated carbocycles. The fourth-order valence-corrected chi connectivity index (χ4v) is 2.53. The van der Waals surface area contributed by atoms with Gasteiger partial charge in [0.1, 0.15) is 5.82 Å². The number of nitrogen functional groups attached to an aromatic ring is 1. The minimum Gasteiger partial charge on any atom is -0.355 e. The second-order valence-electron chi connectivity index (χ2n) is 4.34. The lowest BCUT2D eigenvalue weighted by atomic mass is 9.97. The molecule has 106 valence electrons. The molecule has 2 heterocycles. The Bertz CT molecular complexity index is 453. The van der Waals surface area contributed by atoms with Gasteiger partial charge in [-0.05, 0) is 28.8 Å². The predicted molar refractivity (Wildman–Crippen MR) is 68.5 cm³/mol. The summed E-state index contributed by atoms with van der Waals surface area (Å²) in [6, 6.07) is 0. The Hall–Kier alpha value is -1.09. The Kier molecular flexibility index (Phi) is 4.14. The minimum absolute atomic E-state index is 0.0941. The molecule has 0 aliphatic carbocycles. The van der Waals surface area contributed by atoms with Crippen LogP contribution in [-0.4, -0.2) is 29.2 Å². The van der Waals surface area contributed by atoms with Crippen molar-refractivity contribution in [1.29, 1.82) is 0 Å². The molecule has 1 aromatic heterocycles. The first-order valence-electron chi connectivity index (χ1n) is 5.72. The van der Waals surface area contributed by atoms with E-state index >= 15 is 0 Å². The van der Waals surface area contributed by atoms with Crippen molar-refractivity contribution in [3.05, 3.63) is 10.7 Å². The lowest BCUT2D eigenvalue weighted by Crippen LogP contribution is -2.42.